The average molecular weight is 377 g/mol. The Morgan fingerprint density at radius 1 is 1.25 bits per heavy atom. The number of aromatic nitrogens is 3. The van der Waals surface area contributed by atoms with E-state index in [-0.39, 0.29) is 11.9 Å². The topological polar surface area (TPSA) is 84.2 Å². The molecule has 4 rings (SSSR count). The molecular weight excluding hydrogens is 354 g/mol. The molecule has 0 radical (unpaired) electrons. The summed E-state index contributed by atoms with van der Waals surface area (Å²) in [5, 5.41) is 11.3. The van der Waals surface area contributed by atoms with Crippen molar-refractivity contribution < 1.29 is 9.42 Å². The van der Waals surface area contributed by atoms with Gasteiger partial charge in [-0.25, -0.2) is 4.63 Å². The molecule has 1 fully saturated rings. The molecule has 1 N–H and O–H groups in total. The Morgan fingerprint density at radius 3 is 2.89 bits per heavy atom. The molecule has 0 unspecified atom stereocenters. The molecule has 0 aliphatic carbocycles. The van der Waals surface area contributed by atoms with Crippen molar-refractivity contribution in [2.75, 3.05) is 11.9 Å². The summed E-state index contributed by atoms with van der Waals surface area (Å²) in [6, 6.07) is 9.65. The van der Waals surface area contributed by atoms with Gasteiger partial charge in [0.15, 0.2) is 0 Å². The molecule has 2 aromatic heterocycles. The number of benzene rings is 1. The van der Waals surface area contributed by atoms with Crippen LogP contribution in [-0.2, 0) is 6.54 Å². The van der Waals surface area contributed by atoms with Crippen LogP contribution in [-0.4, -0.2) is 32.6 Å². The summed E-state index contributed by atoms with van der Waals surface area (Å²) in [4.78, 5) is 19.3. The predicted molar refractivity (Wildman–Crippen MR) is 105 cm³/mol. The van der Waals surface area contributed by atoms with Gasteiger partial charge in [-0.2, -0.15) is 0 Å². The molecule has 3 aromatic rings. The van der Waals surface area contributed by atoms with Crippen LogP contribution in [0.5, 0.6) is 0 Å². The van der Waals surface area contributed by atoms with Crippen LogP contribution in [0.25, 0.3) is 0 Å². The van der Waals surface area contributed by atoms with Gasteiger partial charge in [-0.15, -0.1) is 0 Å². The van der Waals surface area contributed by atoms with Gasteiger partial charge in [0.25, 0.3) is 5.91 Å². The van der Waals surface area contributed by atoms with Crippen LogP contribution in [0, 0.1) is 13.8 Å². The molecule has 1 aliphatic heterocycles. The maximum atomic E-state index is 13.3. The van der Waals surface area contributed by atoms with Crippen molar-refractivity contribution in [1.82, 2.24) is 20.2 Å². The van der Waals surface area contributed by atoms with Crippen molar-refractivity contribution >= 4 is 11.6 Å². The first-order valence-electron chi connectivity index (χ1n) is 9.47. The fourth-order valence-corrected chi connectivity index (χ4v) is 3.75. The lowest BCUT2D eigenvalue weighted by atomic mass is 10.0. The van der Waals surface area contributed by atoms with Crippen molar-refractivity contribution in [1.29, 1.82) is 0 Å². The molecule has 7 nitrogen and oxygen atoms in total. The monoisotopic (exact) mass is 377 g/mol. The number of hydrogen-bond acceptors (Lipinski definition) is 6. The number of nitrogens with one attached hydrogen (secondary N) is 1. The Hall–Kier alpha value is -3.22. The van der Waals surface area contributed by atoms with Crippen LogP contribution in [0.3, 0.4) is 0 Å². The van der Waals surface area contributed by atoms with E-state index in [1.54, 1.807) is 6.20 Å². The maximum Gasteiger partial charge on any atom is 0.254 e. The molecule has 28 heavy (non-hydrogen) atoms. The van der Waals surface area contributed by atoms with E-state index in [0.717, 1.165) is 41.0 Å². The highest BCUT2D eigenvalue weighted by Gasteiger charge is 2.34. The number of likely N-dealkylation sites (tertiary alicyclic amines) is 1. The quantitative estimate of drug-likeness (QED) is 0.730. The number of carbonyl (C=O) groups excluding carboxylic acids is 1. The predicted octanol–water partition coefficient (Wildman–Crippen LogP) is 3.67. The van der Waals surface area contributed by atoms with Crippen LogP contribution in [0.2, 0.25) is 0 Å². The van der Waals surface area contributed by atoms with Gasteiger partial charge in [0.2, 0.25) is 0 Å². The standard InChI is InChI=1S/C21H23N5O2/c1-14-17(7-3-8-18(14)23-13-16-6-4-10-22-12-16)21(27)26-11-5-9-19(26)20-15(2)24-28-25-20/h3-4,6-8,10,12,19,23H,5,9,11,13H2,1-2H3/t19-/m0/s1. The zero-order chi connectivity index (χ0) is 19.5. The highest BCUT2D eigenvalue weighted by atomic mass is 16.6. The molecule has 1 amide bonds. The zero-order valence-electron chi connectivity index (χ0n) is 16.1. The van der Waals surface area contributed by atoms with Crippen LogP contribution < -0.4 is 5.32 Å². The van der Waals surface area contributed by atoms with Crippen molar-refractivity contribution in [2.45, 2.75) is 39.3 Å². The van der Waals surface area contributed by atoms with E-state index in [1.165, 1.54) is 0 Å². The minimum atomic E-state index is -0.0786. The third kappa shape index (κ3) is 3.47. The largest absolute Gasteiger partial charge is 0.381 e. The van der Waals surface area contributed by atoms with E-state index in [1.807, 2.05) is 55.3 Å². The van der Waals surface area contributed by atoms with E-state index >= 15 is 0 Å². The highest BCUT2D eigenvalue weighted by Crippen LogP contribution is 2.34. The van der Waals surface area contributed by atoms with Crippen LogP contribution in [0.1, 0.15) is 51.8 Å². The minimum Gasteiger partial charge on any atom is -0.381 e. The second-order valence-corrected chi connectivity index (χ2v) is 7.08. The first kappa shape index (κ1) is 18.2. The van der Waals surface area contributed by atoms with Gasteiger partial charge in [0.1, 0.15) is 11.4 Å². The van der Waals surface area contributed by atoms with E-state index in [4.69, 9.17) is 4.63 Å². The molecule has 144 valence electrons. The van der Waals surface area contributed by atoms with Gasteiger partial charge in [0.05, 0.1) is 6.04 Å². The Balaban J connectivity index is 1.55. The van der Waals surface area contributed by atoms with Crippen molar-refractivity contribution in [3.63, 3.8) is 0 Å². The molecule has 1 saturated heterocycles. The summed E-state index contributed by atoms with van der Waals surface area (Å²) in [5.41, 5.74) is 5.19. The summed E-state index contributed by atoms with van der Waals surface area (Å²) >= 11 is 0. The van der Waals surface area contributed by atoms with Crippen LogP contribution >= 0.6 is 0 Å². The molecule has 1 aliphatic rings. The van der Waals surface area contributed by atoms with Gasteiger partial charge in [-0.1, -0.05) is 22.4 Å². The molecule has 1 atom stereocenters. The van der Waals surface area contributed by atoms with Crippen molar-refractivity contribution in [3.8, 4) is 0 Å². The lowest BCUT2D eigenvalue weighted by molar-refractivity contribution is 0.0729. The number of anilines is 1. The van der Waals surface area contributed by atoms with E-state index in [0.29, 0.717) is 18.7 Å². The van der Waals surface area contributed by atoms with E-state index in [2.05, 4.69) is 20.6 Å². The summed E-state index contributed by atoms with van der Waals surface area (Å²) in [6.45, 7) is 5.21. The minimum absolute atomic E-state index is 0.0208. The highest BCUT2D eigenvalue weighted by molar-refractivity contribution is 5.97. The SMILES string of the molecule is Cc1nonc1[C@@H]1CCCN1C(=O)c1cccc(NCc2cccnc2)c1C. The third-order valence-electron chi connectivity index (χ3n) is 5.29. The normalized spacial score (nSPS) is 16.4. The molecule has 0 spiro atoms. The van der Waals surface area contributed by atoms with E-state index < -0.39 is 0 Å². The fraction of sp³-hybridized carbons (Fsp3) is 0.333. The number of rotatable bonds is 5. The van der Waals surface area contributed by atoms with Crippen LogP contribution in [0.15, 0.2) is 47.4 Å². The van der Waals surface area contributed by atoms with Gasteiger partial charge in [-0.3, -0.25) is 9.78 Å². The number of carbonyl (C=O) groups is 1. The molecule has 0 bridgehead atoms. The Morgan fingerprint density at radius 2 is 2.14 bits per heavy atom. The maximum absolute atomic E-state index is 13.3. The second-order valence-electron chi connectivity index (χ2n) is 7.08. The molecular formula is C21H23N5O2. The van der Waals surface area contributed by atoms with Gasteiger partial charge >= 0.3 is 0 Å². The van der Waals surface area contributed by atoms with Gasteiger partial charge in [0, 0.05) is 36.7 Å². The second kappa shape index (κ2) is 7.80. The smallest absolute Gasteiger partial charge is 0.254 e. The first-order valence-corrected chi connectivity index (χ1v) is 9.47. The number of nitrogens with zero attached hydrogens (tertiary/aromatic N) is 4. The summed E-state index contributed by atoms with van der Waals surface area (Å²) < 4.78 is 4.86. The Bertz CT molecular complexity index is 970. The molecule has 3 heterocycles. The summed E-state index contributed by atoms with van der Waals surface area (Å²) in [6.07, 6.45) is 5.41. The summed E-state index contributed by atoms with van der Waals surface area (Å²) in [7, 11) is 0. The Kier molecular flexibility index (Phi) is 5.06. The first-order chi connectivity index (χ1) is 13.6. The van der Waals surface area contributed by atoms with Crippen molar-refractivity contribution in [3.05, 3.63) is 70.8 Å². The van der Waals surface area contributed by atoms with E-state index in [9.17, 15) is 4.79 Å². The lowest BCUT2D eigenvalue weighted by Gasteiger charge is -2.24. The van der Waals surface area contributed by atoms with Crippen molar-refractivity contribution in [2.24, 2.45) is 0 Å². The van der Waals surface area contributed by atoms with Gasteiger partial charge < -0.3 is 10.2 Å². The Labute approximate surface area is 163 Å². The summed E-state index contributed by atoms with van der Waals surface area (Å²) in [5.74, 6) is 0.0208. The molecule has 1 aromatic carbocycles. The third-order valence-corrected chi connectivity index (χ3v) is 5.29. The fourth-order valence-electron chi connectivity index (χ4n) is 3.75. The number of pyridine rings is 1. The lowest BCUT2D eigenvalue weighted by Crippen LogP contribution is -2.31. The average Bonchev–Trinajstić information content (AvgIpc) is 3.36. The van der Waals surface area contributed by atoms with Crippen LogP contribution in [0.4, 0.5) is 5.69 Å². The number of amides is 1. The zero-order valence-corrected chi connectivity index (χ0v) is 16.1. The molecule has 7 heteroatoms. The van der Waals surface area contributed by atoms with Gasteiger partial charge in [-0.05, 0) is 56.0 Å². The number of hydrogen-bond donors (Lipinski definition) is 1. The molecule has 0 saturated carbocycles. The number of aryl methyl sites for hydroxylation is 1.